The summed E-state index contributed by atoms with van der Waals surface area (Å²) in [5.41, 5.74) is 2.48. The van der Waals surface area contributed by atoms with Crippen molar-refractivity contribution >= 4 is 21.4 Å². The lowest BCUT2D eigenvalue weighted by atomic mass is 10.1. The van der Waals surface area contributed by atoms with E-state index >= 15 is 0 Å². The molecule has 0 spiro atoms. The summed E-state index contributed by atoms with van der Waals surface area (Å²) in [4.78, 5) is 0. The summed E-state index contributed by atoms with van der Waals surface area (Å²) in [6.45, 7) is 6.11. The fraction of sp³-hybridized carbons (Fsp3) is 0.100. The zero-order valence-electron chi connectivity index (χ0n) is 6.42. The topological polar surface area (TPSA) is 0 Å². The van der Waals surface area contributed by atoms with Crippen LogP contribution >= 0.6 is 11.3 Å². The molecule has 0 unspecified atom stereocenters. The number of rotatable bonds is 0. The first-order valence-corrected chi connectivity index (χ1v) is 4.46. The van der Waals surface area contributed by atoms with E-state index in [0.29, 0.717) is 0 Å². The van der Waals surface area contributed by atoms with E-state index in [0.717, 1.165) is 5.56 Å². The smallest absolute Gasteiger partial charge is 0.0348 e. The first-order valence-electron chi connectivity index (χ1n) is 3.58. The van der Waals surface area contributed by atoms with E-state index in [9.17, 15) is 0 Å². The fourth-order valence-electron chi connectivity index (χ4n) is 1.34. The van der Waals surface area contributed by atoms with Crippen LogP contribution in [0.1, 0.15) is 11.1 Å². The van der Waals surface area contributed by atoms with Crippen LogP contribution in [0.3, 0.4) is 0 Å². The molecule has 2 rings (SSSR count). The maximum atomic E-state index is 3.98. The van der Waals surface area contributed by atoms with Gasteiger partial charge in [-0.25, -0.2) is 0 Å². The Bertz CT molecular complexity index is 385. The van der Waals surface area contributed by atoms with E-state index in [1.807, 2.05) is 0 Å². The Morgan fingerprint density at radius 2 is 2.18 bits per heavy atom. The van der Waals surface area contributed by atoms with Gasteiger partial charge < -0.3 is 0 Å². The Hall–Kier alpha value is -0.820. The van der Waals surface area contributed by atoms with Crippen molar-refractivity contribution in [1.82, 2.24) is 0 Å². The van der Waals surface area contributed by atoms with Crippen LogP contribution in [-0.4, -0.2) is 0 Å². The molecule has 0 bridgehead atoms. The van der Waals surface area contributed by atoms with Crippen molar-refractivity contribution in [2.24, 2.45) is 0 Å². The molecule has 0 N–H and O–H groups in total. The third-order valence-corrected chi connectivity index (χ3v) is 2.88. The van der Waals surface area contributed by atoms with Gasteiger partial charge in [-0.3, -0.25) is 0 Å². The standard InChI is InChI=1S/C10H9S/c1-7-4-3-5-9-10(7)8(2)6-11-9/h3-6H,2H2,1H3. The predicted octanol–water partition coefficient (Wildman–Crippen LogP) is 3.39. The maximum Gasteiger partial charge on any atom is 0.0348 e. The van der Waals surface area contributed by atoms with Crippen LogP contribution in [-0.2, 0) is 0 Å². The van der Waals surface area contributed by atoms with Crippen molar-refractivity contribution in [2.45, 2.75) is 6.92 Å². The summed E-state index contributed by atoms with van der Waals surface area (Å²) in [5.74, 6) is 0. The lowest BCUT2D eigenvalue weighted by Crippen LogP contribution is -1.73. The molecule has 1 radical (unpaired) electrons. The minimum Gasteiger partial charge on any atom is -0.144 e. The average Bonchev–Trinajstić information content (AvgIpc) is 2.34. The van der Waals surface area contributed by atoms with Crippen molar-refractivity contribution in [1.29, 1.82) is 0 Å². The SMILES string of the molecule is [CH2]c1csc2cccc(C)c12. The number of hydrogen-bond donors (Lipinski definition) is 0. The lowest BCUT2D eigenvalue weighted by molar-refractivity contribution is 1.54. The summed E-state index contributed by atoms with van der Waals surface area (Å²) >= 11 is 1.77. The Labute approximate surface area is 70.5 Å². The molecule has 55 valence electrons. The molecule has 2 aromatic rings. The van der Waals surface area contributed by atoms with Gasteiger partial charge in [0.15, 0.2) is 0 Å². The van der Waals surface area contributed by atoms with Gasteiger partial charge in [0, 0.05) is 4.70 Å². The molecule has 1 heteroatoms. The normalized spacial score (nSPS) is 10.7. The van der Waals surface area contributed by atoms with Crippen molar-refractivity contribution in [3.8, 4) is 0 Å². The van der Waals surface area contributed by atoms with Gasteiger partial charge >= 0.3 is 0 Å². The minimum atomic E-state index is 1.16. The Balaban J connectivity index is 2.96. The van der Waals surface area contributed by atoms with E-state index < -0.39 is 0 Å². The zero-order chi connectivity index (χ0) is 7.84. The van der Waals surface area contributed by atoms with Crippen molar-refractivity contribution < 1.29 is 0 Å². The Morgan fingerprint density at radius 3 is 2.91 bits per heavy atom. The number of thiophene rings is 1. The van der Waals surface area contributed by atoms with Gasteiger partial charge in [0.05, 0.1) is 0 Å². The highest BCUT2D eigenvalue weighted by Crippen LogP contribution is 2.27. The molecule has 1 aromatic heterocycles. The van der Waals surface area contributed by atoms with Gasteiger partial charge in [-0.05, 0) is 41.8 Å². The second-order valence-corrected chi connectivity index (χ2v) is 3.62. The summed E-state index contributed by atoms with van der Waals surface area (Å²) in [6.07, 6.45) is 0. The second-order valence-electron chi connectivity index (χ2n) is 2.71. The van der Waals surface area contributed by atoms with Crippen LogP contribution in [0.25, 0.3) is 10.1 Å². The quantitative estimate of drug-likeness (QED) is 0.555. The Morgan fingerprint density at radius 1 is 1.36 bits per heavy atom. The molecule has 0 atom stereocenters. The second kappa shape index (κ2) is 2.35. The Kier molecular flexibility index (Phi) is 1.46. The van der Waals surface area contributed by atoms with Crippen LogP contribution in [0.15, 0.2) is 23.6 Å². The highest BCUT2D eigenvalue weighted by molar-refractivity contribution is 7.17. The van der Waals surface area contributed by atoms with Crippen LogP contribution < -0.4 is 0 Å². The highest BCUT2D eigenvalue weighted by atomic mass is 32.1. The van der Waals surface area contributed by atoms with Crippen molar-refractivity contribution in [2.75, 3.05) is 0 Å². The third-order valence-electron chi connectivity index (χ3n) is 1.88. The van der Waals surface area contributed by atoms with Gasteiger partial charge in [-0.15, -0.1) is 11.3 Å². The van der Waals surface area contributed by atoms with Crippen LogP contribution in [0.2, 0.25) is 0 Å². The molecule has 11 heavy (non-hydrogen) atoms. The number of aryl methyl sites for hydroxylation is 1. The van der Waals surface area contributed by atoms with Gasteiger partial charge in [-0.2, -0.15) is 0 Å². The molecular weight excluding hydrogens is 152 g/mol. The summed E-state index contributed by atoms with van der Waals surface area (Å²) < 4.78 is 1.34. The average molecular weight is 161 g/mol. The monoisotopic (exact) mass is 161 g/mol. The number of benzene rings is 1. The summed E-state index contributed by atoms with van der Waals surface area (Å²) in [5, 5.41) is 3.44. The molecule has 1 aromatic carbocycles. The van der Waals surface area contributed by atoms with Crippen LogP contribution in [0, 0.1) is 13.8 Å². The first-order chi connectivity index (χ1) is 5.29. The van der Waals surface area contributed by atoms with Gasteiger partial charge in [-0.1, -0.05) is 12.1 Å². The van der Waals surface area contributed by atoms with Gasteiger partial charge in [0.25, 0.3) is 0 Å². The number of fused-ring (bicyclic) bond motifs is 1. The largest absolute Gasteiger partial charge is 0.144 e. The van der Waals surface area contributed by atoms with E-state index in [-0.39, 0.29) is 0 Å². The molecule has 0 amide bonds. The van der Waals surface area contributed by atoms with Gasteiger partial charge in [0.1, 0.15) is 0 Å². The van der Waals surface area contributed by atoms with E-state index in [1.165, 1.54) is 15.6 Å². The maximum absolute atomic E-state index is 3.98. The summed E-state index contributed by atoms with van der Waals surface area (Å²) in [6, 6.07) is 6.36. The zero-order valence-corrected chi connectivity index (χ0v) is 7.24. The molecule has 0 saturated carbocycles. The molecule has 0 aliphatic heterocycles. The van der Waals surface area contributed by atoms with E-state index in [1.54, 1.807) is 11.3 Å². The molecule has 0 aliphatic rings. The van der Waals surface area contributed by atoms with Crippen molar-refractivity contribution in [3.05, 3.63) is 41.6 Å². The highest BCUT2D eigenvalue weighted by Gasteiger charge is 2.00. The first kappa shape index (κ1) is 6.86. The van der Waals surface area contributed by atoms with E-state index in [4.69, 9.17) is 0 Å². The van der Waals surface area contributed by atoms with Crippen LogP contribution in [0.5, 0.6) is 0 Å². The number of hydrogen-bond acceptors (Lipinski definition) is 1. The minimum absolute atomic E-state index is 1.16. The van der Waals surface area contributed by atoms with Crippen molar-refractivity contribution in [3.63, 3.8) is 0 Å². The molecule has 0 aliphatic carbocycles. The fourth-order valence-corrected chi connectivity index (χ4v) is 2.30. The van der Waals surface area contributed by atoms with E-state index in [2.05, 4.69) is 37.4 Å². The third kappa shape index (κ3) is 0.962. The molecular formula is C10H9S. The van der Waals surface area contributed by atoms with Gasteiger partial charge in [0.2, 0.25) is 0 Å². The molecule has 0 saturated heterocycles. The molecule has 0 nitrogen and oxygen atoms in total. The summed E-state index contributed by atoms with van der Waals surface area (Å²) in [7, 11) is 0. The molecule has 0 fully saturated rings. The predicted molar refractivity (Wildman–Crippen MR) is 51.0 cm³/mol. The lowest BCUT2D eigenvalue weighted by Gasteiger charge is -1.95. The van der Waals surface area contributed by atoms with Crippen LogP contribution in [0.4, 0.5) is 0 Å². The molecule has 1 heterocycles.